The third-order valence-electron chi connectivity index (χ3n) is 3.82. The molecule has 0 bridgehead atoms. The smallest absolute Gasteiger partial charge is 0.309 e. The van der Waals surface area contributed by atoms with Crippen LogP contribution in [0.5, 0.6) is 0 Å². The second-order valence-electron chi connectivity index (χ2n) is 5.06. The van der Waals surface area contributed by atoms with Gasteiger partial charge in [0.05, 0.1) is 18.6 Å². The Morgan fingerprint density at radius 2 is 2.17 bits per heavy atom. The molecular weight excluding hydrogens is 230 g/mol. The number of carboxylic acids is 1. The molecular formula is C14H17NO3. The Balaban J connectivity index is 1.64. The van der Waals surface area contributed by atoms with Crippen LogP contribution in [-0.2, 0) is 16.0 Å². The average Bonchev–Trinajstić information content (AvgIpc) is 2.33. The second kappa shape index (κ2) is 4.71. The van der Waals surface area contributed by atoms with Crippen LogP contribution in [0.15, 0.2) is 24.3 Å². The van der Waals surface area contributed by atoms with Gasteiger partial charge in [-0.25, -0.2) is 0 Å². The number of aliphatic carboxylic acids is 1. The van der Waals surface area contributed by atoms with Gasteiger partial charge in [0.1, 0.15) is 0 Å². The van der Waals surface area contributed by atoms with Crippen molar-refractivity contribution in [3.63, 3.8) is 0 Å². The SMILES string of the molecule is O=C(O)C1CN(CC2OCCc3ccccc32)C1. The molecule has 0 aromatic heterocycles. The topological polar surface area (TPSA) is 49.8 Å². The zero-order valence-corrected chi connectivity index (χ0v) is 10.2. The van der Waals surface area contributed by atoms with Gasteiger partial charge in [-0.2, -0.15) is 0 Å². The number of rotatable bonds is 3. The molecule has 1 aromatic carbocycles. The first-order valence-electron chi connectivity index (χ1n) is 6.38. The number of likely N-dealkylation sites (tertiary alicyclic amines) is 1. The summed E-state index contributed by atoms with van der Waals surface area (Å²) < 4.78 is 5.82. The first-order valence-corrected chi connectivity index (χ1v) is 6.38. The van der Waals surface area contributed by atoms with Gasteiger partial charge >= 0.3 is 5.97 Å². The van der Waals surface area contributed by atoms with Gasteiger partial charge in [0.15, 0.2) is 0 Å². The van der Waals surface area contributed by atoms with E-state index in [0.29, 0.717) is 13.1 Å². The van der Waals surface area contributed by atoms with Gasteiger partial charge in [-0.05, 0) is 17.5 Å². The van der Waals surface area contributed by atoms with Crippen molar-refractivity contribution in [2.24, 2.45) is 5.92 Å². The maximum atomic E-state index is 10.8. The van der Waals surface area contributed by atoms with Crippen LogP contribution in [-0.4, -0.2) is 42.2 Å². The monoisotopic (exact) mass is 247 g/mol. The molecule has 1 aromatic rings. The van der Waals surface area contributed by atoms with Crippen molar-refractivity contribution < 1.29 is 14.6 Å². The fourth-order valence-electron chi connectivity index (χ4n) is 2.74. The molecule has 3 rings (SSSR count). The molecule has 0 spiro atoms. The van der Waals surface area contributed by atoms with E-state index in [1.54, 1.807) is 0 Å². The number of ether oxygens (including phenoxy) is 1. The number of carboxylic acid groups (broad SMARTS) is 1. The highest BCUT2D eigenvalue weighted by molar-refractivity contribution is 5.71. The van der Waals surface area contributed by atoms with Crippen molar-refractivity contribution >= 4 is 5.97 Å². The number of benzene rings is 1. The normalized spacial score (nSPS) is 24.3. The minimum atomic E-state index is -0.684. The van der Waals surface area contributed by atoms with Gasteiger partial charge in [-0.15, -0.1) is 0 Å². The van der Waals surface area contributed by atoms with Crippen LogP contribution in [0.4, 0.5) is 0 Å². The molecule has 18 heavy (non-hydrogen) atoms. The minimum Gasteiger partial charge on any atom is -0.481 e. The van der Waals surface area contributed by atoms with Crippen LogP contribution >= 0.6 is 0 Å². The van der Waals surface area contributed by atoms with Crippen molar-refractivity contribution in [2.75, 3.05) is 26.2 Å². The molecule has 0 saturated carbocycles. The Morgan fingerprint density at radius 3 is 2.94 bits per heavy atom. The molecule has 1 N–H and O–H groups in total. The summed E-state index contributed by atoms with van der Waals surface area (Å²) in [6, 6.07) is 8.37. The number of fused-ring (bicyclic) bond motifs is 1. The summed E-state index contributed by atoms with van der Waals surface area (Å²) in [6.07, 6.45) is 1.08. The van der Waals surface area contributed by atoms with E-state index in [1.165, 1.54) is 11.1 Å². The van der Waals surface area contributed by atoms with Crippen LogP contribution < -0.4 is 0 Å². The van der Waals surface area contributed by atoms with Crippen molar-refractivity contribution in [2.45, 2.75) is 12.5 Å². The van der Waals surface area contributed by atoms with Gasteiger partial charge in [-0.3, -0.25) is 9.69 Å². The van der Waals surface area contributed by atoms with Crippen LogP contribution in [0, 0.1) is 5.92 Å². The van der Waals surface area contributed by atoms with Gasteiger partial charge < -0.3 is 9.84 Å². The van der Waals surface area contributed by atoms with Crippen molar-refractivity contribution in [3.05, 3.63) is 35.4 Å². The average molecular weight is 247 g/mol. The number of nitrogens with zero attached hydrogens (tertiary/aromatic N) is 1. The van der Waals surface area contributed by atoms with E-state index in [1.807, 2.05) is 6.07 Å². The molecule has 0 aliphatic carbocycles. The largest absolute Gasteiger partial charge is 0.481 e. The molecule has 2 heterocycles. The Kier molecular flexibility index (Phi) is 3.06. The minimum absolute atomic E-state index is 0.102. The maximum absolute atomic E-state index is 10.8. The van der Waals surface area contributed by atoms with Crippen molar-refractivity contribution in [1.82, 2.24) is 4.90 Å². The van der Waals surface area contributed by atoms with Gasteiger partial charge in [-0.1, -0.05) is 24.3 Å². The molecule has 1 atom stereocenters. The van der Waals surface area contributed by atoms with E-state index in [2.05, 4.69) is 23.1 Å². The molecule has 1 saturated heterocycles. The van der Waals surface area contributed by atoms with E-state index in [-0.39, 0.29) is 12.0 Å². The van der Waals surface area contributed by atoms with Crippen LogP contribution in [0.25, 0.3) is 0 Å². The summed E-state index contributed by atoms with van der Waals surface area (Å²) in [6.45, 7) is 2.87. The third kappa shape index (κ3) is 2.13. The van der Waals surface area contributed by atoms with Crippen LogP contribution in [0.3, 0.4) is 0 Å². The molecule has 4 nitrogen and oxygen atoms in total. The zero-order valence-electron chi connectivity index (χ0n) is 10.2. The second-order valence-corrected chi connectivity index (χ2v) is 5.06. The molecule has 96 valence electrons. The summed E-state index contributed by atoms with van der Waals surface area (Å²) >= 11 is 0. The summed E-state index contributed by atoms with van der Waals surface area (Å²) in [5.41, 5.74) is 2.63. The van der Waals surface area contributed by atoms with E-state index in [9.17, 15) is 4.79 Å². The number of hydrogen-bond donors (Lipinski definition) is 1. The lowest BCUT2D eigenvalue weighted by Gasteiger charge is -2.40. The summed E-state index contributed by atoms with van der Waals surface area (Å²) in [7, 11) is 0. The quantitative estimate of drug-likeness (QED) is 0.875. The number of hydrogen-bond acceptors (Lipinski definition) is 3. The Labute approximate surface area is 106 Å². The highest BCUT2D eigenvalue weighted by atomic mass is 16.5. The Morgan fingerprint density at radius 1 is 1.39 bits per heavy atom. The zero-order chi connectivity index (χ0) is 12.5. The molecule has 1 unspecified atom stereocenters. The lowest BCUT2D eigenvalue weighted by molar-refractivity contribution is -0.148. The summed E-state index contributed by atoms with van der Waals surface area (Å²) in [4.78, 5) is 12.9. The molecule has 1 fully saturated rings. The van der Waals surface area contributed by atoms with E-state index in [4.69, 9.17) is 9.84 Å². The predicted octanol–water partition coefficient (Wildman–Crippen LogP) is 1.32. The summed E-state index contributed by atoms with van der Waals surface area (Å²) in [5, 5.41) is 8.86. The third-order valence-corrected chi connectivity index (χ3v) is 3.82. The number of carbonyl (C=O) groups is 1. The molecule has 0 radical (unpaired) electrons. The van der Waals surface area contributed by atoms with Gasteiger partial charge in [0, 0.05) is 19.6 Å². The summed E-state index contributed by atoms with van der Waals surface area (Å²) in [5.74, 6) is -0.875. The van der Waals surface area contributed by atoms with E-state index in [0.717, 1.165) is 19.6 Å². The fourth-order valence-corrected chi connectivity index (χ4v) is 2.74. The van der Waals surface area contributed by atoms with Crippen LogP contribution in [0.1, 0.15) is 17.2 Å². The van der Waals surface area contributed by atoms with Crippen molar-refractivity contribution in [1.29, 1.82) is 0 Å². The lowest BCUT2D eigenvalue weighted by atomic mass is 9.94. The van der Waals surface area contributed by atoms with E-state index >= 15 is 0 Å². The van der Waals surface area contributed by atoms with Crippen molar-refractivity contribution in [3.8, 4) is 0 Å². The first kappa shape index (κ1) is 11.7. The molecule has 4 heteroatoms. The predicted molar refractivity (Wildman–Crippen MR) is 66.4 cm³/mol. The van der Waals surface area contributed by atoms with Gasteiger partial charge in [0.25, 0.3) is 0 Å². The molecule has 2 aliphatic heterocycles. The first-order chi connectivity index (χ1) is 8.74. The fraction of sp³-hybridized carbons (Fsp3) is 0.500. The highest BCUT2D eigenvalue weighted by Crippen LogP contribution is 2.29. The van der Waals surface area contributed by atoms with Crippen LogP contribution in [0.2, 0.25) is 0 Å². The Bertz CT molecular complexity index is 454. The highest BCUT2D eigenvalue weighted by Gasteiger charge is 2.34. The Hall–Kier alpha value is -1.39. The standard InChI is InChI=1S/C14H17NO3/c16-14(17)11-7-15(8-11)9-13-12-4-2-1-3-10(12)5-6-18-13/h1-4,11,13H,5-9H2,(H,16,17). The van der Waals surface area contributed by atoms with E-state index < -0.39 is 5.97 Å². The maximum Gasteiger partial charge on any atom is 0.309 e. The molecule has 0 amide bonds. The van der Waals surface area contributed by atoms with Gasteiger partial charge in [0.2, 0.25) is 0 Å². The molecule has 2 aliphatic rings. The lowest BCUT2D eigenvalue weighted by Crippen LogP contribution is -2.51.